The molecule has 0 radical (unpaired) electrons. The average Bonchev–Trinajstić information content (AvgIpc) is 2.89. The lowest BCUT2D eigenvalue weighted by Gasteiger charge is -2.02. The third-order valence-electron chi connectivity index (χ3n) is 2.66. The van der Waals surface area contributed by atoms with Gasteiger partial charge in [0.2, 0.25) is 0 Å². The van der Waals surface area contributed by atoms with Gasteiger partial charge < -0.3 is 4.98 Å². The van der Waals surface area contributed by atoms with Gasteiger partial charge in [-0.2, -0.15) is 8.42 Å². The van der Waals surface area contributed by atoms with E-state index in [0.29, 0.717) is 5.39 Å². The monoisotopic (exact) mass is 290 g/mol. The first kappa shape index (κ1) is 14.2. The number of imidazole rings is 1. The molecule has 2 N–H and O–H groups in total. The Morgan fingerprint density at radius 2 is 1.80 bits per heavy atom. The van der Waals surface area contributed by atoms with Gasteiger partial charge in [-0.05, 0) is 18.4 Å². The quantitative estimate of drug-likeness (QED) is 0.675. The molecule has 0 aliphatic carbocycles. The number of rotatable bonds is 1. The average molecular weight is 290 g/mol. The van der Waals surface area contributed by atoms with Crippen LogP contribution < -0.4 is 0 Å². The van der Waals surface area contributed by atoms with Crippen molar-refractivity contribution in [3.8, 4) is 0 Å². The topological polar surface area (TPSA) is 83.0 Å². The van der Waals surface area contributed by atoms with Crippen LogP contribution in [0.25, 0.3) is 10.8 Å². The normalized spacial score (nSPS) is 10.9. The van der Waals surface area contributed by atoms with Crippen molar-refractivity contribution in [1.82, 2.24) is 9.97 Å². The van der Waals surface area contributed by atoms with Gasteiger partial charge in [-0.1, -0.05) is 36.4 Å². The van der Waals surface area contributed by atoms with E-state index in [1.165, 1.54) is 6.07 Å². The van der Waals surface area contributed by atoms with E-state index in [-0.39, 0.29) is 4.90 Å². The molecular formula is C14H14N2O3S. The van der Waals surface area contributed by atoms with Crippen LogP contribution in [0.2, 0.25) is 0 Å². The van der Waals surface area contributed by atoms with E-state index in [2.05, 4.69) is 9.97 Å². The molecule has 0 aliphatic rings. The highest BCUT2D eigenvalue weighted by molar-refractivity contribution is 7.86. The molecule has 1 heterocycles. The van der Waals surface area contributed by atoms with Gasteiger partial charge in [0.05, 0.1) is 12.0 Å². The zero-order valence-electron chi connectivity index (χ0n) is 10.8. The second-order valence-corrected chi connectivity index (χ2v) is 5.55. The first-order valence-corrected chi connectivity index (χ1v) is 7.33. The lowest BCUT2D eigenvalue weighted by Crippen LogP contribution is -1.98. The number of nitrogens with zero attached hydrogens (tertiary/aromatic N) is 1. The Balaban J connectivity index is 0.000000205. The van der Waals surface area contributed by atoms with Crippen LogP contribution in [0, 0.1) is 6.92 Å². The number of aromatic nitrogens is 2. The molecular weight excluding hydrogens is 276 g/mol. The van der Waals surface area contributed by atoms with Gasteiger partial charge in [-0.15, -0.1) is 0 Å². The summed E-state index contributed by atoms with van der Waals surface area (Å²) in [6.45, 7) is 1.94. The Morgan fingerprint density at radius 1 is 1.10 bits per heavy atom. The summed E-state index contributed by atoms with van der Waals surface area (Å²) in [5.41, 5.74) is 1.04. The van der Waals surface area contributed by atoms with Crippen LogP contribution in [-0.4, -0.2) is 22.9 Å². The molecule has 2 aromatic carbocycles. The zero-order valence-corrected chi connectivity index (χ0v) is 11.6. The van der Waals surface area contributed by atoms with Crippen molar-refractivity contribution in [1.29, 1.82) is 0 Å². The Bertz CT molecular complexity index is 791. The highest BCUT2D eigenvalue weighted by Crippen LogP contribution is 2.21. The number of hydrogen-bond donors (Lipinski definition) is 2. The summed E-state index contributed by atoms with van der Waals surface area (Å²) in [5.74, 6) is 0. The van der Waals surface area contributed by atoms with Crippen molar-refractivity contribution >= 4 is 20.9 Å². The molecule has 0 fully saturated rings. The summed E-state index contributed by atoms with van der Waals surface area (Å²) in [6, 6.07) is 11.8. The molecule has 5 nitrogen and oxygen atoms in total. The number of fused-ring (bicyclic) bond motifs is 1. The van der Waals surface area contributed by atoms with E-state index in [4.69, 9.17) is 4.55 Å². The highest BCUT2D eigenvalue weighted by Gasteiger charge is 2.12. The van der Waals surface area contributed by atoms with Gasteiger partial charge >= 0.3 is 0 Å². The molecule has 0 spiro atoms. The fourth-order valence-electron chi connectivity index (χ4n) is 1.75. The first-order chi connectivity index (χ1) is 9.48. The minimum absolute atomic E-state index is 0.0457. The molecule has 0 saturated heterocycles. The molecule has 3 aromatic rings. The second kappa shape index (κ2) is 5.85. The Labute approximate surface area is 117 Å². The Hall–Kier alpha value is -2.18. The summed E-state index contributed by atoms with van der Waals surface area (Å²) in [4.78, 5) is 6.63. The van der Waals surface area contributed by atoms with Crippen LogP contribution in [0.4, 0.5) is 0 Å². The van der Waals surface area contributed by atoms with Crippen LogP contribution in [0.3, 0.4) is 0 Å². The van der Waals surface area contributed by atoms with Crippen LogP contribution in [0.5, 0.6) is 0 Å². The lowest BCUT2D eigenvalue weighted by atomic mass is 10.1. The predicted octanol–water partition coefficient (Wildman–Crippen LogP) is 2.80. The summed E-state index contributed by atoms with van der Waals surface area (Å²) < 4.78 is 31.0. The van der Waals surface area contributed by atoms with Gasteiger partial charge in [0, 0.05) is 11.6 Å². The molecule has 20 heavy (non-hydrogen) atoms. The van der Waals surface area contributed by atoms with Crippen molar-refractivity contribution in [3.63, 3.8) is 0 Å². The summed E-state index contributed by atoms with van der Waals surface area (Å²) in [6.07, 6.45) is 3.51. The molecule has 104 valence electrons. The third-order valence-corrected chi connectivity index (χ3v) is 3.57. The summed E-state index contributed by atoms with van der Waals surface area (Å²) >= 11 is 0. The molecule has 6 heteroatoms. The van der Waals surface area contributed by atoms with Gasteiger partial charge in [0.25, 0.3) is 10.1 Å². The van der Waals surface area contributed by atoms with E-state index in [9.17, 15) is 8.42 Å². The van der Waals surface area contributed by atoms with Crippen LogP contribution >= 0.6 is 0 Å². The molecule has 0 atom stereocenters. The van der Waals surface area contributed by atoms with Crippen LogP contribution in [0.15, 0.2) is 59.9 Å². The van der Waals surface area contributed by atoms with Crippen LogP contribution in [0.1, 0.15) is 5.69 Å². The summed E-state index contributed by atoms with van der Waals surface area (Å²) in [7, 11) is -4.13. The first-order valence-electron chi connectivity index (χ1n) is 5.89. The molecule has 0 unspecified atom stereocenters. The van der Waals surface area contributed by atoms with E-state index in [0.717, 1.165) is 11.1 Å². The number of hydrogen-bond acceptors (Lipinski definition) is 3. The number of aromatic amines is 1. The SMILES string of the molecule is Cc1c[nH]cn1.O=S(=O)(O)c1cccc2ccccc12. The molecule has 0 amide bonds. The maximum Gasteiger partial charge on any atom is 0.295 e. The van der Waals surface area contributed by atoms with E-state index in [1.807, 2.05) is 19.2 Å². The van der Waals surface area contributed by atoms with Crippen molar-refractivity contribution in [3.05, 3.63) is 60.7 Å². The number of aryl methyl sites for hydroxylation is 1. The zero-order chi connectivity index (χ0) is 14.6. The summed E-state index contributed by atoms with van der Waals surface area (Å²) in [5, 5.41) is 1.33. The minimum atomic E-state index is -4.13. The van der Waals surface area contributed by atoms with Gasteiger partial charge in [-0.25, -0.2) is 4.98 Å². The van der Waals surface area contributed by atoms with Crippen molar-refractivity contribution in [2.45, 2.75) is 11.8 Å². The number of benzene rings is 2. The molecule has 0 bridgehead atoms. The van der Waals surface area contributed by atoms with Crippen molar-refractivity contribution < 1.29 is 13.0 Å². The number of H-pyrrole nitrogens is 1. The smallest absolute Gasteiger partial charge is 0.295 e. The second-order valence-electron chi connectivity index (χ2n) is 4.16. The van der Waals surface area contributed by atoms with Crippen molar-refractivity contribution in [2.24, 2.45) is 0 Å². The van der Waals surface area contributed by atoms with Gasteiger partial charge in [0.15, 0.2) is 0 Å². The lowest BCUT2D eigenvalue weighted by molar-refractivity contribution is 0.484. The predicted molar refractivity (Wildman–Crippen MR) is 77.1 cm³/mol. The fraction of sp³-hybridized carbons (Fsp3) is 0.0714. The van der Waals surface area contributed by atoms with E-state index >= 15 is 0 Å². The maximum atomic E-state index is 11.0. The molecule has 0 saturated carbocycles. The maximum absolute atomic E-state index is 11.0. The molecule has 3 rings (SSSR count). The largest absolute Gasteiger partial charge is 0.351 e. The molecule has 1 aromatic heterocycles. The molecule has 0 aliphatic heterocycles. The van der Waals surface area contributed by atoms with Crippen LogP contribution in [-0.2, 0) is 10.1 Å². The highest BCUT2D eigenvalue weighted by atomic mass is 32.2. The fourth-order valence-corrected chi connectivity index (χ4v) is 2.47. The number of nitrogens with one attached hydrogen (secondary N) is 1. The van der Waals surface area contributed by atoms with Crippen molar-refractivity contribution in [2.75, 3.05) is 0 Å². The third kappa shape index (κ3) is 3.43. The Kier molecular flexibility index (Phi) is 4.16. The standard InChI is InChI=1S/C10H8O3S.C4H6N2/c11-14(12,13)10-7-3-5-8-4-1-2-6-9(8)10;1-4-2-5-3-6-4/h1-7H,(H,11,12,13);2-3H,1H3,(H,5,6). The van der Waals surface area contributed by atoms with Gasteiger partial charge in [-0.3, -0.25) is 4.55 Å². The van der Waals surface area contributed by atoms with E-state index in [1.54, 1.807) is 36.7 Å². The van der Waals surface area contributed by atoms with E-state index < -0.39 is 10.1 Å². The Morgan fingerprint density at radius 3 is 2.35 bits per heavy atom. The minimum Gasteiger partial charge on any atom is -0.351 e. The van der Waals surface area contributed by atoms with Gasteiger partial charge in [0.1, 0.15) is 4.90 Å².